The highest BCUT2D eigenvalue weighted by Crippen LogP contribution is 2.23. The molecule has 7 heteroatoms. The maximum atomic E-state index is 13.0. The van der Waals surface area contributed by atoms with Gasteiger partial charge in [-0.05, 0) is 66.0 Å². The summed E-state index contributed by atoms with van der Waals surface area (Å²) < 4.78 is 17.4. The second-order valence-corrected chi connectivity index (χ2v) is 7.44. The van der Waals surface area contributed by atoms with Gasteiger partial charge in [0.1, 0.15) is 10.7 Å². The third-order valence-electron chi connectivity index (χ3n) is 4.64. The Labute approximate surface area is 161 Å². The summed E-state index contributed by atoms with van der Waals surface area (Å²) in [4.78, 5) is 19.5. The predicted molar refractivity (Wildman–Crippen MR) is 103 cm³/mol. The summed E-state index contributed by atoms with van der Waals surface area (Å²) >= 11 is 1.17. The quantitative estimate of drug-likeness (QED) is 0.735. The smallest absolute Gasteiger partial charge is 0.263 e. The molecule has 0 aliphatic carbocycles. The standard InChI is InChI=1S/C20H19FN4OS/c21-16-3-1-15(2-4-16)18-11-19(27-24-18)20(26)23-17-7-10-25(13-17)12-14-5-8-22-9-6-14/h1-6,8-9,11,17H,7,10,12-13H2,(H,23,26)/t17-/m0/s1. The Hall–Kier alpha value is -2.64. The molecule has 3 heterocycles. The second-order valence-electron chi connectivity index (χ2n) is 6.63. The Kier molecular flexibility index (Phi) is 5.22. The molecule has 1 amide bonds. The van der Waals surface area contributed by atoms with Crippen molar-refractivity contribution in [2.24, 2.45) is 0 Å². The summed E-state index contributed by atoms with van der Waals surface area (Å²) in [6.07, 6.45) is 4.53. The zero-order chi connectivity index (χ0) is 18.6. The molecule has 0 radical (unpaired) electrons. The van der Waals surface area contributed by atoms with Crippen LogP contribution in [-0.4, -0.2) is 39.3 Å². The van der Waals surface area contributed by atoms with Crippen molar-refractivity contribution in [3.05, 3.63) is 71.1 Å². The minimum Gasteiger partial charge on any atom is -0.347 e. The van der Waals surface area contributed by atoms with Gasteiger partial charge in [-0.2, -0.15) is 4.37 Å². The molecule has 1 N–H and O–H groups in total. The first-order chi connectivity index (χ1) is 13.2. The van der Waals surface area contributed by atoms with Crippen LogP contribution in [0.5, 0.6) is 0 Å². The number of aromatic nitrogens is 2. The normalized spacial score (nSPS) is 17.1. The number of likely N-dealkylation sites (tertiary alicyclic amines) is 1. The average Bonchev–Trinajstić information content (AvgIpc) is 3.33. The van der Waals surface area contributed by atoms with Crippen molar-refractivity contribution >= 4 is 17.4 Å². The van der Waals surface area contributed by atoms with E-state index >= 15 is 0 Å². The SMILES string of the molecule is O=C(N[C@H]1CCN(Cc2ccncc2)C1)c1cc(-c2ccc(F)cc2)ns1. The number of nitrogens with zero attached hydrogens (tertiary/aromatic N) is 3. The molecule has 0 bridgehead atoms. The van der Waals surface area contributed by atoms with Gasteiger partial charge in [0.25, 0.3) is 5.91 Å². The van der Waals surface area contributed by atoms with E-state index in [4.69, 9.17) is 0 Å². The number of hydrogen-bond acceptors (Lipinski definition) is 5. The van der Waals surface area contributed by atoms with E-state index in [0.29, 0.717) is 10.6 Å². The van der Waals surface area contributed by atoms with Crippen LogP contribution in [0.4, 0.5) is 4.39 Å². The van der Waals surface area contributed by atoms with Crippen LogP contribution in [0, 0.1) is 5.82 Å². The van der Waals surface area contributed by atoms with Crippen LogP contribution in [0.25, 0.3) is 11.3 Å². The number of carbonyl (C=O) groups is 1. The Morgan fingerprint density at radius 3 is 2.78 bits per heavy atom. The molecular formula is C20H19FN4OS. The fraction of sp³-hybridized carbons (Fsp3) is 0.250. The summed E-state index contributed by atoms with van der Waals surface area (Å²) in [5, 5.41) is 3.10. The lowest BCUT2D eigenvalue weighted by Gasteiger charge is -2.16. The third-order valence-corrected chi connectivity index (χ3v) is 5.42. The number of rotatable bonds is 5. The first-order valence-electron chi connectivity index (χ1n) is 8.82. The molecule has 0 spiro atoms. The van der Waals surface area contributed by atoms with Crippen LogP contribution >= 0.6 is 11.5 Å². The summed E-state index contributed by atoms with van der Waals surface area (Å²) in [6.45, 7) is 2.65. The molecule has 27 heavy (non-hydrogen) atoms. The van der Waals surface area contributed by atoms with E-state index in [1.807, 2.05) is 12.1 Å². The number of benzene rings is 1. The maximum Gasteiger partial charge on any atom is 0.263 e. The molecule has 0 unspecified atom stereocenters. The van der Waals surface area contributed by atoms with Gasteiger partial charge in [-0.15, -0.1) is 0 Å². The van der Waals surface area contributed by atoms with Crippen LogP contribution in [0.1, 0.15) is 21.7 Å². The van der Waals surface area contributed by atoms with E-state index in [-0.39, 0.29) is 17.8 Å². The lowest BCUT2D eigenvalue weighted by Crippen LogP contribution is -2.36. The number of halogens is 1. The van der Waals surface area contributed by atoms with Gasteiger partial charge in [0.2, 0.25) is 0 Å². The van der Waals surface area contributed by atoms with Crippen molar-refractivity contribution in [2.45, 2.75) is 19.0 Å². The maximum absolute atomic E-state index is 13.0. The third kappa shape index (κ3) is 4.37. The summed E-state index contributed by atoms with van der Waals surface area (Å²) in [5.41, 5.74) is 2.72. The molecule has 1 atom stereocenters. The van der Waals surface area contributed by atoms with Crippen molar-refractivity contribution in [3.8, 4) is 11.3 Å². The molecule has 2 aromatic heterocycles. The van der Waals surface area contributed by atoms with Gasteiger partial charge in [-0.25, -0.2) is 4.39 Å². The van der Waals surface area contributed by atoms with E-state index in [1.165, 1.54) is 29.2 Å². The van der Waals surface area contributed by atoms with Crippen molar-refractivity contribution in [3.63, 3.8) is 0 Å². The van der Waals surface area contributed by atoms with Gasteiger partial charge in [-0.3, -0.25) is 14.7 Å². The minimum atomic E-state index is -0.288. The zero-order valence-corrected chi connectivity index (χ0v) is 15.5. The lowest BCUT2D eigenvalue weighted by molar-refractivity contribution is 0.0941. The number of nitrogens with one attached hydrogen (secondary N) is 1. The van der Waals surface area contributed by atoms with E-state index in [2.05, 4.69) is 19.6 Å². The fourth-order valence-corrected chi connectivity index (χ4v) is 3.90. The lowest BCUT2D eigenvalue weighted by atomic mass is 10.1. The monoisotopic (exact) mass is 382 g/mol. The molecular weight excluding hydrogens is 363 g/mol. The largest absolute Gasteiger partial charge is 0.347 e. The van der Waals surface area contributed by atoms with Crippen molar-refractivity contribution in [1.29, 1.82) is 0 Å². The molecule has 4 rings (SSSR count). The van der Waals surface area contributed by atoms with E-state index in [1.54, 1.807) is 30.6 Å². The Morgan fingerprint density at radius 1 is 1.22 bits per heavy atom. The Bertz CT molecular complexity index is 913. The first-order valence-corrected chi connectivity index (χ1v) is 9.59. The highest BCUT2D eigenvalue weighted by atomic mass is 32.1. The average molecular weight is 382 g/mol. The van der Waals surface area contributed by atoms with Crippen molar-refractivity contribution < 1.29 is 9.18 Å². The second kappa shape index (κ2) is 7.94. The molecule has 1 fully saturated rings. The van der Waals surface area contributed by atoms with E-state index < -0.39 is 0 Å². The van der Waals surface area contributed by atoms with Crippen LogP contribution in [0.15, 0.2) is 54.9 Å². The molecule has 5 nitrogen and oxygen atoms in total. The van der Waals surface area contributed by atoms with Crippen molar-refractivity contribution in [1.82, 2.24) is 19.6 Å². The summed E-state index contributed by atoms with van der Waals surface area (Å²) in [5.74, 6) is -0.388. The number of pyridine rings is 1. The topological polar surface area (TPSA) is 58.1 Å². The van der Waals surface area contributed by atoms with Crippen LogP contribution < -0.4 is 5.32 Å². The van der Waals surface area contributed by atoms with Crippen LogP contribution in [-0.2, 0) is 6.54 Å². The molecule has 0 saturated carbocycles. The fourth-order valence-electron chi connectivity index (χ4n) is 3.24. The van der Waals surface area contributed by atoms with E-state index in [0.717, 1.165) is 31.6 Å². The summed E-state index contributed by atoms with van der Waals surface area (Å²) in [6, 6.07) is 12.0. The Morgan fingerprint density at radius 2 is 2.00 bits per heavy atom. The van der Waals surface area contributed by atoms with Crippen LogP contribution in [0.3, 0.4) is 0 Å². The Balaban J connectivity index is 1.34. The number of hydrogen-bond donors (Lipinski definition) is 1. The van der Waals surface area contributed by atoms with Crippen LogP contribution in [0.2, 0.25) is 0 Å². The zero-order valence-electron chi connectivity index (χ0n) is 14.6. The minimum absolute atomic E-state index is 0.100. The highest BCUT2D eigenvalue weighted by molar-refractivity contribution is 7.08. The van der Waals surface area contributed by atoms with Gasteiger partial charge >= 0.3 is 0 Å². The molecule has 1 aliphatic heterocycles. The number of carbonyl (C=O) groups excluding carboxylic acids is 1. The van der Waals surface area contributed by atoms with Gasteiger partial charge < -0.3 is 5.32 Å². The molecule has 1 saturated heterocycles. The van der Waals surface area contributed by atoms with Crippen molar-refractivity contribution in [2.75, 3.05) is 13.1 Å². The summed E-state index contributed by atoms with van der Waals surface area (Å²) in [7, 11) is 0. The van der Waals surface area contributed by atoms with Gasteiger partial charge in [0, 0.05) is 43.6 Å². The number of amides is 1. The van der Waals surface area contributed by atoms with Gasteiger partial charge in [0.05, 0.1) is 5.69 Å². The molecule has 3 aromatic rings. The molecule has 138 valence electrons. The highest BCUT2D eigenvalue weighted by Gasteiger charge is 2.25. The molecule has 1 aromatic carbocycles. The van der Waals surface area contributed by atoms with E-state index in [9.17, 15) is 9.18 Å². The first kappa shape index (κ1) is 17.8. The van der Waals surface area contributed by atoms with Gasteiger partial charge in [-0.1, -0.05) is 0 Å². The molecule has 1 aliphatic rings. The van der Waals surface area contributed by atoms with Gasteiger partial charge in [0.15, 0.2) is 0 Å². The predicted octanol–water partition coefficient (Wildman–Crippen LogP) is 3.35.